The van der Waals surface area contributed by atoms with Gasteiger partial charge in [0.2, 0.25) is 0 Å². The van der Waals surface area contributed by atoms with Crippen molar-refractivity contribution in [3.8, 4) is 5.75 Å². The molecule has 0 fully saturated rings. The first-order valence-electron chi connectivity index (χ1n) is 6.61. The molecule has 0 bridgehead atoms. The average Bonchev–Trinajstić information content (AvgIpc) is 2.37. The number of hydrogen-bond donors (Lipinski definition) is 0. The molecule has 0 saturated carbocycles. The third-order valence-corrected chi connectivity index (χ3v) is 4.31. The maximum atomic E-state index is 6.68. The summed E-state index contributed by atoms with van der Waals surface area (Å²) >= 11 is 10.2. The van der Waals surface area contributed by atoms with Crippen molar-refractivity contribution in [2.24, 2.45) is 5.92 Å². The van der Waals surface area contributed by atoms with Gasteiger partial charge in [0, 0.05) is 10.0 Å². The van der Waals surface area contributed by atoms with Crippen LogP contribution in [0.4, 0.5) is 0 Å². The minimum absolute atomic E-state index is 0.0253. The molecule has 0 aliphatic rings. The van der Waals surface area contributed by atoms with E-state index in [2.05, 4.69) is 35.8 Å². The maximum Gasteiger partial charge on any atom is 0.123 e. The summed E-state index contributed by atoms with van der Waals surface area (Å²) in [5, 5.41) is 0.0253. The van der Waals surface area contributed by atoms with Crippen molar-refractivity contribution in [2.45, 2.75) is 44.9 Å². The van der Waals surface area contributed by atoms with E-state index < -0.39 is 0 Å². The Hall–Kier alpha value is -0.210. The smallest absolute Gasteiger partial charge is 0.123 e. The maximum absolute atomic E-state index is 6.68. The molecule has 0 heterocycles. The lowest BCUT2D eigenvalue weighted by Gasteiger charge is -2.23. The van der Waals surface area contributed by atoms with E-state index in [0.29, 0.717) is 5.92 Å². The van der Waals surface area contributed by atoms with Crippen molar-refractivity contribution in [2.75, 3.05) is 7.11 Å². The number of alkyl halides is 1. The van der Waals surface area contributed by atoms with E-state index >= 15 is 0 Å². The topological polar surface area (TPSA) is 9.23 Å². The van der Waals surface area contributed by atoms with Crippen LogP contribution in [0.5, 0.6) is 5.75 Å². The fraction of sp³-hybridized carbons (Fsp3) is 0.600. The fourth-order valence-electron chi connectivity index (χ4n) is 2.35. The monoisotopic (exact) mass is 332 g/mol. The Bertz CT molecular complexity index is 362. The molecule has 3 heteroatoms. The van der Waals surface area contributed by atoms with E-state index in [1.165, 1.54) is 12.8 Å². The summed E-state index contributed by atoms with van der Waals surface area (Å²) in [5.41, 5.74) is 1.10. The van der Waals surface area contributed by atoms with Crippen molar-refractivity contribution in [3.63, 3.8) is 0 Å². The van der Waals surface area contributed by atoms with Gasteiger partial charge in [-0.15, -0.1) is 11.6 Å². The first-order valence-corrected chi connectivity index (χ1v) is 7.84. The van der Waals surface area contributed by atoms with E-state index in [1.54, 1.807) is 7.11 Å². The van der Waals surface area contributed by atoms with Gasteiger partial charge in [-0.2, -0.15) is 0 Å². The molecule has 1 nitrogen and oxygen atoms in total. The molecule has 0 aromatic heterocycles. The quantitative estimate of drug-likeness (QED) is 0.560. The SMILES string of the molecule is CCCC(CCC)C(Cl)c1cc(Br)ccc1OC. The molecule has 1 atom stereocenters. The van der Waals surface area contributed by atoms with Crippen molar-refractivity contribution in [1.29, 1.82) is 0 Å². The molecule has 0 spiro atoms. The summed E-state index contributed by atoms with van der Waals surface area (Å²) in [4.78, 5) is 0. The second-order valence-electron chi connectivity index (χ2n) is 4.63. The highest BCUT2D eigenvalue weighted by atomic mass is 79.9. The highest BCUT2D eigenvalue weighted by Crippen LogP contribution is 2.40. The molecule has 0 aliphatic heterocycles. The van der Waals surface area contributed by atoms with Crippen LogP contribution in [0.3, 0.4) is 0 Å². The number of hydrogen-bond acceptors (Lipinski definition) is 1. The lowest BCUT2D eigenvalue weighted by Crippen LogP contribution is -2.09. The van der Waals surface area contributed by atoms with Crippen LogP contribution < -0.4 is 4.74 Å². The summed E-state index contributed by atoms with van der Waals surface area (Å²) in [5.74, 6) is 1.40. The van der Waals surface area contributed by atoms with Crippen LogP contribution in [0, 0.1) is 5.92 Å². The number of halogens is 2. The number of rotatable bonds is 7. The van der Waals surface area contributed by atoms with Gasteiger partial charge in [0.25, 0.3) is 0 Å². The number of ether oxygens (including phenoxy) is 1. The van der Waals surface area contributed by atoms with Gasteiger partial charge in [-0.1, -0.05) is 42.6 Å². The first-order chi connectivity index (χ1) is 8.63. The van der Waals surface area contributed by atoms with E-state index in [0.717, 1.165) is 28.6 Å². The minimum Gasteiger partial charge on any atom is -0.496 e. The molecule has 0 radical (unpaired) electrons. The predicted octanol–water partition coefficient (Wildman–Crippen LogP) is 5.95. The Morgan fingerprint density at radius 3 is 2.33 bits per heavy atom. The zero-order valence-corrected chi connectivity index (χ0v) is 13.7. The lowest BCUT2D eigenvalue weighted by atomic mass is 9.90. The van der Waals surface area contributed by atoms with E-state index in [-0.39, 0.29) is 5.38 Å². The van der Waals surface area contributed by atoms with Crippen LogP contribution >= 0.6 is 27.5 Å². The van der Waals surface area contributed by atoms with Crippen LogP contribution in [-0.2, 0) is 0 Å². The van der Waals surface area contributed by atoms with Gasteiger partial charge in [0.1, 0.15) is 5.75 Å². The van der Waals surface area contributed by atoms with Crippen LogP contribution in [-0.4, -0.2) is 7.11 Å². The molecular formula is C15H22BrClO. The molecule has 102 valence electrons. The average molecular weight is 334 g/mol. The highest BCUT2D eigenvalue weighted by molar-refractivity contribution is 9.10. The van der Waals surface area contributed by atoms with Gasteiger partial charge < -0.3 is 4.74 Å². The number of benzene rings is 1. The van der Waals surface area contributed by atoms with E-state index in [4.69, 9.17) is 16.3 Å². The van der Waals surface area contributed by atoms with E-state index in [1.807, 2.05) is 12.1 Å². The van der Waals surface area contributed by atoms with Gasteiger partial charge >= 0.3 is 0 Å². The standard InChI is InChI=1S/C15H22BrClO/c1-4-6-11(7-5-2)15(17)13-10-12(16)8-9-14(13)18-3/h8-11,15H,4-7H2,1-3H3. The molecule has 1 aromatic carbocycles. The molecule has 1 rings (SSSR count). The zero-order valence-electron chi connectivity index (χ0n) is 11.4. The molecule has 18 heavy (non-hydrogen) atoms. The minimum atomic E-state index is 0.0253. The Morgan fingerprint density at radius 1 is 1.22 bits per heavy atom. The van der Waals surface area contributed by atoms with Crippen LogP contribution in [0.15, 0.2) is 22.7 Å². The summed E-state index contributed by atoms with van der Waals surface area (Å²) < 4.78 is 6.47. The second kappa shape index (κ2) is 8.06. The van der Waals surface area contributed by atoms with Crippen LogP contribution in [0.25, 0.3) is 0 Å². The fourth-order valence-corrected chi connectivity index (χ4v) is 3.15. The molecule has 0 amide bonds. The van der Waals surface area contributed by atoms with Crippen molar-refractivity contribution < 1.29 is 4.74 Å². The Morgan fingerprint density at radius 2 is 1.83 bits per heavy atom. The Balaban J connectivity index is 2.98. The van der Waals surface area contributed by atoms with E-state index in [9.17, 15) is 0 Å². The van der Waals surface area contributed by atoms with Crippen molar-refractivity contribution in [1.82, 2.24) is 0 Å². The highest BCUT2D eigenvalue weighted by Gasteiger charge is 2.22. The summed E-state index contributed by atoms with van der Waals surface area (Å²) in [6, 6.07) is 6.04. The van der Waals surface area contributed by atoms with Gasteiger partial charge in [-0.25, -0.2) is 0 Å². The van der Waals surface area contributed by atoms with Gasteiger partial charge in [0.05, 0.1) is 12.5 Å². The summed E-state index contributed by atoms with van der Waals surface area (Å²) in [6.45, 7) is 4.43. The first kappa shape index (κ1) is 15.8. The molecule has 0 saturated heterocycles. The second-order valence-corrected chi connectivity index (χ2v) is 6.01. The largest absolute Gasteiger partial charge is 0.496 e. The third kappa shape index (κ3) is 4.17. The number of methoxy groups -OCH3 is 1. The molecule has 0 N–H and O–H groups in total. The molecular weight excluding hydrogens is 312 g/mol. The van der Waals surface area contributed by atoms with Gasteiger partial charge in [-0.05, 0) is 37.0 Å². The van der Waals surface area contributed by atoms with Gasteiger partial charge in [0.15, 0.2) is 0 Å². The normalized spacial score (nSPS) is 12.8. The van der Waals surface area contributed by atoms with Gasteiger partial charge in [-0.3, -0.25) is 0 Å². The molecule has 1 aromatic rings. The van der Waals surface area contributed by atoms with Crippen LogP contribution in [0.1, 0.15) is 50.5 Å². The lowest BCUT2D eigenvalue weighted by molar-refractivity contribution is 0.388. The van der Waals surface area contributed by atoms with Crippen molar-refractivity contribution in [3.05, 3.63) is 28.2 Å². The molecule has 1 unspecified atom stereocenters. The zero-order chi connectivity index (χ0) is 13.5. The molecule has 0 aliphatic carbocycles. The van der Waals surface area contributed by atoms with Crippen molar-refractivity contribution >= 4 is 27.5 Å². The summed E-state index contributed by atoms with van der Waals surface area (Å²) in [7, 11) is 1.70. The Labute approximate surface area is 124 Å². The third-order valence-electron chi connectivity index (χ3n) is 3.22. The Kier molecular flexibility index (Phi) is 7.10. The summed E-state index contributed by atoms with van der Waals surface area (Å²) in [6.07, 6.45) is 4.67. The van der Waals surface area contributed by atoms with Crippen LogP contribution in [0.2, 0.25) is 0 Å². The predicted molar refractivity (Wildman–Crippen MR) is 82.6 cm³/mol.